The van der Waals surface area contributed by atoms with Crippen LogP contribution in [0.3, 0.4) is 0 Å². The first-order chi connectivity index (χ1) is 15.1. The molecule has 0 atom stereocenters. The van der Waals surface area contributed by atoms with Crippen molar-refractivity contribution < 1.29 is 17.9 Å². The van der Waals surface area contributed by atoms with Crippen LogP contribution >= 0.6 is 23.4 Å². The Bertz CT molecular complexity index is 1270. The van der Waals surface area contributed by atoms with Gasteiger partial charge in [-0.1, -0.05) is 29.3 Å². The maximum absolute atomic E-state index is 13.2. The van der Waals surface area contributed by atoms with E-state index in [-0.39, 0.29) is 27.2 Å². The lowest BCUT2D eigenvalue weighted by Gasteiger charge is -2.12. The van der Waals surface area contributed by atoms with Crippen LogP contribution in [0.1, 0.15) is 11.1 Å². The third kappa shape index (κ3) is 4.72. The SMILES string of the molecule is COc1cc(Cl)c(C)cc1NC(=O)Cn1nc(SC)c(S(=O)(=O)c2ccc(C)cc2)c1N. The number of carbonyl (C=O) groups is 1. The van der Waals surface area contributed by atoms with Crippen LogP contribution in [0.4, 0.5) is 11.5 Å². The maximum Gasteiger partial charge on any atom is 0.246 e. The number of nitrogens with two attached hydrogens (primary N) is 1. The normalized spacial score (nSPS) is 11.4. The fraction of sp³-hybridized carbons (Fsp3) is 0.238. The van der Waals surface area contributed by atoms with E-state index < -0.39 is 15.7 Å². The minimum absolute atomic E-state index is 0.107. The molecule has 1 amide bonds. The van der Waals surface area contributed by atoms with Crippen LogP contribution in [0, 0.1) is 13.8 Å². The van der Waals surface area contributed by atoms with E-state index in [1.54, 1.807) is 37.4 Å². The van der Waals surface area contributed by atoms with Gasteiger partial charge in [0, 0.05) is 11.1 Å². The summed E-state index contributed by atoms with van der Waals surface area (Å²) in [6.07, 6.45) is 1.70. The van der Waals surface area contributed by atoms with Gasteiger partial charge in [-0.2, -0.15) is 5.10 Å². The number of thioether (sulfide) groups is 1. The van der Waals surface area contributed by atoms with E-state index in [1.807, 2.05) is 6.92 Å². The van der Waals surface area contributed by atoms with Gasteiger partial charge in [-0.15, -0.1) is 11.8 Å². The molecular weight excluding hydrogens is 472 g/mol. The van der Waals surface area contributed by atoms with Gasteiger partial charge in [0.05, 0.1) is 17.7 Å². The van der Waals surface area contributed by atoms with Gasteiger partial charge in [-0.05, 0) is 43.9 Å². The monoisotopic (exact) mass is 494 g/mol. The predicted octanol–water partition coefficient (Wildman–Crippen LogP) is 3.94. The summed E-state index contributed by atoms with van der Waals surface area (Å²) in [6, 6.07) is 9.75. The Hall–Kier alpha value is -2.69. The third-order valence-corrected chi connectivity index (χ3v) is 7.80. The van der Waals surface area contributed by atoms with Crippen LogP contribution in [0.25, 0.3) is 0 Å². The van der Waals surface area contributed by atoms with Crippen LogP contribution < -0.4 is 15.8 Å². The summed E-state index contributed by atoms with van der Waals surface area (Å²) < 4.78 is 32.9. The van der Waals surface area contributed by atoms with Crippen molar-refractivity contribution in [3.63, 3.8) is 0 Å². The van der Waals surface area contributed by atoms with Crippen LogP contribution in [-0.4, -0.2) is 37.5 Å². The number of anilines is 2. The smallest absolute Gasteiger partial charge is 0.246 e. The van der Waals surface area contributed by atoms with E-state index >= 15 is 0 Å². The number of benzene rings is 2. The number of aromatic nitrogens is 2. The predicted molar refractivity (Wildman–Crippen MR) is 126 cm³/mol. The van der Waals surface area contributed by atoms with Crippen molar-refractivity contribution >= 4 is 50.6 Å². The lowest BCUT2D eigenvalue weighted by atomic mass is 10.2. The number of sulfone groups is 1. The van der Waals surface area contributed by atoms with Crippen molar-refractivity contribution in [3.8, 4) is 5.75 Å². The minimum atomic E-state index is -3.92. The van der Waals surface area contributed by atoms with E-state index in [9.17, 15) is 13.2 Å². The minimum Gasteiger partial charge on any atom is -0.495 e. The Kier molecular flexibility index (Phi) is 7.06. The quantitative estimate of drug-likeness (QED) is 0.478. The second kappa shape index (κ2) is 9.43. The Morgan fingerprint density at radius 1 is 1.25 bits per heavy atom. The highest BCUT2D eigenvalue weighted by molar-refractivity contribution is 7.99. The van der Waals surface area contributed by atoms with Crippen LogP contribution in [0.2, 0.25) is 5.02 Å². The Labute approximate surface area is 196 Å². The van der Waals surface area contributed by atoms with Crippen LogP contribution in [-0.2, 0) is 21.2 Å². The number of rotatable bonds is 7. The van der Waals surface area contributed by atoms with Crippen molar-refractivity contribution in [2.24, 2.45) is 0 Å². The molecule has 1 heterocycles. The standard InChI is InChI=1S/C21H23ClN4O4S2/c1-12-5-7-14(8-6-12)32(28,29)19-20(23)26(25-21(19)31-4)11-18(27)24-16-9-13(2)15(22)10-17(16)30-3/h5-10H,11,23H2,1-4H3,(H,24,27). The van der Waals surface area contributed by atoms with Gasteiger partial charge in [0.1, 0.15) is 28.0 Å². The molecule has 11 heteroatoms. The summed E-state index contributed by atoms with van der Waals surface area (Å²) in [6.45, 7) is 3.38. The van der Waals surface area contributed by atoms with Crippen LogP contribution in [0.5, 0.6) is 5.75 Å². The molecule has 1 aromatic heterocycles. The lowest BCUT2D eigenvalue weighted by molar-refractivity contribution is -0.116. The lowest BCUT2D eigenvalue weighted by Crippen LogP contribution is -2.21. The third-order valence-electron chi connectivity index (χ3n) is 4.76. The number of hydrogen-bond donors (Lipinski definition) is 2. The fourth-order valence-corrected chi connectivity index (χ4v) is 5.62. The fourth-order valence-electron chi connectivity index (χ4n) is 3.03. The zero-order chi connectivity index (χ0) is 23.6. The largest absolute Gasteiger partial charge is 0.495 e. The highest BCUT2D eigenvalue weighted by atomic mass is 35.5. The first-order valence-corrected chi connectivity index (χ1v) is 12.5. The molecule has 3 aromatic rings. The van der Waals surface area contributed by atoms with Crippen LogP contribution in [0.15, 0.2) is 51.2 Å². The molecule has 32 heavy (non-hydrogen) atoms. The first kappa shape index (κ1) is 24.0. The van der Waals surface area contributed by atoms with Crippen molar-refractivity contribution in [1.29, 1.82) is 0 Å². The average molecular weight is 495 g/mol. The maximum atomic E-state index is 13.2. The van der Waals surface area contributed by atoms with Gasteiger partial charge in [-0.25, -0.2) is 13.1 Å². The molecule has 3 rings (SSSR count). The molecule has 8 nitrogen and oxygen atoms in total. The van der Waals surface area contributed by atoms with E-state index in [0.29, 0.717) is 16.5 Å². The highest BCUT2D eigenvalue weighted by Gasteiger charge is 2.29. The molecule has 0 radical (unpaired) electrons. The molecule has 170 valence electrons. The average Bonchev–Trinajstić information content (AvgIpc) is 3.06. The number of nitrogens with zero attached hydrogens (tertiary/aromatic N) is 2. The number of nitrogens with one attached hydrogen (secondary N) is 1. The molecule has 0 aliphatic rings. The Morgan fingerprint density at radius 3 is 2.50 bits per heavy atom. The number of nitrogen functional groups attached to an aromatic ring is 1. The van der Waals surface area contributed by atoms with Gasteiger partial charge in [0.25, 0.3) is 0 Å². The number of amides is 1. The van der Waals surface area contributed by atoms with Crippen molar-refractivity contribution in [3.05, 3.63) is 52.5 Å². The summed E-state index contributed by atoms with van der Waals surface area (Å²) in [4.78, 5) is 12.7. The van der Waals surface area contributed by atoms with E-state index in [2.05, 4.69) is 10.4 Å². The molecule has 3 N–H and O–H groups in total. The molecule has 0 aliphatic carbocycles. The molecule has 0 saturated carbocycles. The molecule has 0 aliphatic heterocycles. The summed E-state index contributed by atoms with van der Waals surface area (Å²) >= 11 is 7.25. The molecule has 2 aromatic carbocycles. The molecule has 0 spiro atoms. The Balaban J connectivity index is 1.92. The molecule has 0 bridgehead atoms. The Morgan fingerprint density at radius 2 is 1.91 bits per heavy atom. The summed E-state index contributed by atoms with van der Waals surface area (Å²) in [5, 5.41) is 7.71. The number of ether oxygens (including phenoxy) is 1. The van der Waals surface area contributed by atoms with E-state index in [0.717, 1.165) is 22.9 Å². The van der Waals surface area contributed by atoms with Crippen molar-refractivity contribution in [1.82, 2.24) is 9.78 Å². The van der Waals surface area contributed by atoms with Crippen molar-refractivity contribution in [2.75, 3.05) is 24.4 Å². The zero-order valence-corrected chi connectivity index (χ0v) is 20.4. The molecule has 0 saturated heterocycles. The zero-order valence-electron chi connectivity index (χ0n) is 18.0. The topological polar surface area (TPSA) is 116 Å². The molecule has 0 fully saturated rings. The van der Waals surface area contributed by atoms with Gasteiger partial charge in [0.15, 0.2) is 0 Å². The van der Waals surface area contributed by atoms with Gasteiger partial charge >= 0.3 is 0 Å². The second-order valence-corrected chi connectivity index (χ2v) is 10.1. The number of carbonyl (C=O) groups excluding carboxylic acids is 1. The van der Waals surface area contributed by atoms with E-state index in [1.165, 1.54) is 23.9 Å². The van der Waals surface area contributed by atoms with Crippen molar-refractivity contribution in [2.45, 2.75) is 35.2 Å². The number of methoxy groups -OCH3 is 1. The second-order valence-electron chi connectivity index (χ2n) is 7.05. The van der Waals surface area contributed by atoms with Gasteiger partial charge < -0.3 is 15.8 Å². The number of halogens is 1. The summed E-state index contributed by atoms with van der Waals surface area (Å²) in [5.41, 5.74) is 8.29. The van der Waals surface area contributed by atoms with Gasteiger partial charge in [-0.3, -0.25) is 4.79 Å². The molecule has 0 unspecified atom stereocenters. The molecular formula is C21H23ClN4O4S2. The van der Waals surface area contributed by atoms with E-state index in [4.69, 9.17) is 22.1 Å². The number of hydrogen-bond acceptors (Lipinski definition) is 7. The van der Waals surface area contributed by atoms with Gasteiger partial charge in [0.2, 0.25) is 15.7 Å². The highest BCUT2D eigenvalue weighted by Crippen LogP contribution is 2.34. The summed E-state index contributed by atoms with van der Waals surface area (Å²) in [5.74, 6) is -0.162. The summed E-state index contributed by atoms with van der Waals surface area (Å²) in [7, 11) is -2.45. The first-order valence-electron chi connectivity index (χ1n) is 9.44. The number of aryl methyl sites for hydroxylation is 2.